The topological polar surface area (TPSA) is 40.5 Å². The van der Waals surface area contributed by atoms with Crippen molar-refractivity contribution in [3.05, 3.63) is 30.1 Å². The van der Waals surface area contributed by atoms with E-state index in [1.54, 1.807) is 23.9 Å². The van der Waals surface area contributed by atoms with Crippen LogP contribution in [0.15, 0.2) is 29.2 Å². The van der Waals surface area contributed by atoms with Crippen molar-refractivity contribution in [2.75, 3.05) is 25.4 Å². The zero-order valence-corrected chi connectivity index (χ0v) is 11.5. The van der Waals surface area contributed by atoms with Crippen molar-refractivity contribution in [1.82, 2.24) is 4.90 Å². The summed E-state index contributed by atoms with van der Waals surface area (Å²) in [7, 11) is 0. The van der Waals surface area contributed by atoms with Gasteiger partial charge in [0.15, 0.2) is 0 Å². The number of benzene rings is 1. The van der Waals surface area contributed by atoms with Gasteiger partial charge >= 0.3 is 0 Å². The van der Waals surface area contributed by atoms with Crippen LogP contribution in [0.2, 0.25) is 0 Å². The number of halogens is 1. The lowest BCUT2D eigenvalue weighted by Crippen LogP contribution is -2.29. The minimum Gasteiger partial charge on any atom is -0.396 e. The smallest absolute Gasteiger partial charge is 0.223 e. The van der Waals surface area contributed by atoms with Crippen LogP contribution in [-0.2, 0) is 4.79 Å². The quantitative estimate of drug-likeness (QED) is 0.842. The van der Waals surface area contributed by atoms with Crippen molar-refractivity contribution < 1.29 is 14.3 Å². The van der Waals surface area contributed by atoms with Gasteiger partial charge in [0.25, 0.3) is 0 Å². The molecule has 1 amide bonds. The summed E-state index contributed by atoms with van der Waals surface area (Å²) < 4.78 is 12.7. The van der Waals surface area contributed by atoms with Crippen LogP contribution in [0.3, 0.4) is 0 Å². The number of thioether (sulfide) groups is 1. The van der Waals surface area contributed by atoms with E-state index in [1.807, 2.05) is 4.90 Å². The largest absolute Gasteiger partial charge is 0.396 e. The Labute approximate surface area is 116 Å². The molecule has 1 atom stereocenters. The monoisotopic (exact) mass is 283 g/mol. The number of aliphatic hydroxyl groups excluding tert-OH is 1. The molecule has 104 valence electrons. The average molecular weight is 283 g/mol. The van der Waals surface area contributed by atoms with Gasteiger partial charge in [-0.15, -0.1) is 11.8 Å². The summed E-state index contributed by atoms with van der Waals surface area (Å²) in [5.41, 5.74) is 0. The van der Waals surface area contributed by atoms with Gasteiger partial charge in [-0.3, -0.25) is 4.79 Å². The third-order valence-electron chi connectivity index (χ3n) is 3.30. The molecule has 2 rings (SSSR count). The maximum absolute atomic E-state index is 12.7. The van der Waals surface area contributed by atoms with Crippen molar-refractivity contribution in [3.8, 4) is 0 Å². The Balaban J connectivity index is 1.71. The first-order chi connectivity index (χ1) is 9.19. The van der Waals surface area contributed by atoms with E-state index in [0.29, 0.717) is 18.7 Å². The van der Waals surface area contributed by atoms with Gasteiger partial charge in [0, 0.05) is 42.7 Å². The predicted molar refractivity (Wildman–Crippen MR) is 73.5 cm³/mol. The van der Waals surface area contributed by atoms with Crippen molar-refractivity contribution in [3.63, 3.8) is 0 Å². The van der Waals surface area contributed by atoms with Gasteiger partial charge in [0.05, 0.1) is 0 Å². The van der Waals surface area contributed by atoms with Crippen LogP contribution in [0.1, 0.15) is 12.8 Å². The fourth-order valence-electron chi connectivity index (χ4n) is 2.15. The van der Waals surface area contributed by atoms with Crippen LogP contribution >= 0.6 is 11.8 Å². The zero-order valence-electron chi connectivity index (χ0n) is 10.7. The highest BCUT2D eigenvalue weighted by Crippen LogP contribution is 2.21. The molecule has 1 N–H and O–H groups in total. The molecule has 1 unspecified atom stereocenters. The highest BCUT2D eigenvalue weighted by atomic mass is 32.2. The molecule has 19 heavy (non-hydrogen) atoms. The van der Waals surface area contributed by atoms with Gasteiger partial charge in [0.2, 0.25) is 5.91 Å². The maximum atomic E-state index is 12.7. The molecule has 1 saturated heterocycles. The van der Waals surface area contributed by atoms with E-state index in [1.165, 1.54) is 12.1 Å². The Morgan fingerprint density at radius 3 is 2.79 bits per heavy atom. The third kappa shape index (κ3) is 4.21. The molecule has 3 nitrogen and oxygen atoms in total. The molecule has 1 aromatic carbocycles. The van der Waals surface area contributed by atoms with Gasteiger partial charge < -0.3 is 10.0 Å². The van der Waals surface area contributed by atoms with Gasteiger partial charge in [-0.05, 0) is 30.7 Å². The number of likely N-dealkylation sites (tertiary alicyclic amines) is 1. The Bertz CT molecular complexity index is 424. The normalized spacial score (nSPS) is 18.8. The van der Waals surface area contributed by atoms with Crippen LogP contribution in [0.4, 0.5) is 4.39 Å². The lowest BCUT2D eigenvalue weighted by atomic mass is 10.1. The molecule has 0 aromatic heterocycles. The summed E-state index contributed by atoms with van der Waals surface area (Å²) in [5.74, 6) is 0.844. The van der Waals surface area contributed by atoms with Gasteiger partial charge in [-0.2, -0.15) is 0 Å². The Morgan fingerprint density at radius 1 is 1.42 bits per heavy atom. The van der Waals surface area contributed by atoms with Gasteiger partial charge in [-0.1, -0.05) is 0 Å². The molecule has 0 radical (unpaired) electrons. The Morgan fingerprint density at radius 2 is 2.16 bits per heavy atom. The molecule has 1 aromatic rings. The molecular weight excluding hydrogens is 265 g/mol. The number of carbonyl (C=O) groups is 1. The number of hydrogen-bond donors (Lipinski definition) is 1. The highest BCUT2D eigenvalue weighted by molar-refractivity contribution is 7.99. The molecule has 1 aliphatic rings. The summed E-state index contributed by atoms with van der Waals surface area (Å²) in [6, 6.07) is 6.30. The standard InChI is InChI=1S/C14H18FNO2S/c15-12-1-3-13(4-2-12)19-8-6-14(18)16-7-5-11(9-16)10-17/h1-4,11,17H,5-10H2. The van der Waals surface area contributed by atoms with Gasteiger partial charge in [0.1, 0.15) is 5.82 Å². The van der Waals surface area contributed by atoms with Crippen molar-refractivity contribution >= 4 is 17.7 Å². The van der Waals surface area contributed by atoms with Crippen molar-refractivity contribution in [2.24, 2.45) is 5.92 Å². The molecule has 1 fully saturated rings. The van der Waals surface area contributed by atoms with Crippen LogP contribution in [-0.4, -0.2) is 41.4 Å². The Kier molecular flexibility index (Phi) is 5.22. The third-order valence-corrected chi connectivity index (χ3v) is 4.31. The summed E-state index contributed by atoms with van der Waals surface area (Å²) >= 11 is 1.56. The second-order valence-corrected chi connectivity index (χ2v) is 5.90. The molecule has 0 bridgehead atoms. The van der Waals surface area contributed by atoms with Crippen molar-refractivity contribution in [2.45, 2.75) is 17.7 Å². The summed E-state index contributed by atoms with van der Waals surface area (Å²) in [5, 5.41) is 9.04. The van der Waals surface area contributed by atoms with Crippen LogP contribution in [0.5, 0.6) is 0 Å². The van der Waals surface area contributed by atoms with E-state index in [0.717, 1.165) is 17.9 Å². The number of nitrogens with zero attached hydrogens (tertiary/aromatic N) is 1. The van der Waals surface area contributed by atoms with E-state index >= 15 is 0 Å². The number of aliphatic hydroxyl groups is 1. The molecule has 1 aliphatic heterocycles. The zero-order chi connectivity index (χ0) is 13.7. The van der Waals surface area contributed by atoms with E-state index in [-0.39, 0.29) is 24.2 Å². The minimum absolute atomic E-state index is 0.144. The predicted octanol–water partition coefficient (Wildman–Crippen LogP) is 2.15. The minimum atomic E-state index is -0.243. The summed E-state index contributed by atoms with van der Waals surface area (Å²) in [4.78, 5) is 14.7. The summed E-state index contributed by atoms with van der Waals surface area (Å²) in [6.07, 6.45) is 1.38. The number of hydrogen-bond acceptors (Lipinski definition) is 3. The SMILES string of the molecule is O=C(CCSc1ccc(F)cc1)N1CCC(CO)C1. The molecule has 5 heteroatoms. The van der Waals surface area contributed by atoms with Crippen LogP contribution < -0.4 is 0 Å². The van der Waals surface area contributed by atoms with E-state index in [2.05, 4.69) is 0 Å². The van der Waals surface area contributed by atoms with Gasteiger partial charge in [-0.25, -0.2) is 4.39 Å². The highest BCUT2D eigenvalue weighted by Gasteiger charge is 2.24. The second kappa shape index (κ2) is 6.91. The van der Waals surface area contributed by atoms with E-state index in [9.17, 15) is 9.18 Å². The van der Waals surface area contributed by atoms with Crippen LogP contribution in [0, 0.1) is 11.7 Å². The van der Waals surface area contributed by atoms with E-state index < -0.39 is 0 Å². The first-order valence-electron chi connectivity index (χ1n) is 6.46. The molecule has 0 spiro atoms. The molecule has 1 heterocycles. The lowest BCUT2D eigenvalue weighted by Gasteiger charge is -2.15. The van der Waals surface area contributed by atoms with E-state index in [4.69, 9.17) is 5.11 Å². The first kappa shape index (κ1) is 14.3. The first-order valence-corrected chi connectivity index (χ1v) is 7.44. The number of rotatable bonds is 5. The second-order valence-electron chi connectivity index (χ2n) is 4.73. The number of amides is 1. The van der Waals surface area contributed by atoms with Crippen molar-refractivity contribution in [1.29, 1.82) is 0 Å². The fourth-order valence-corrected chi connectivity index (χ4v) is 2.99. The lowest BCUT2D eigenvalue weighted by molar-refractivity contribution is -0.129. The number of carbonyl (C=O) groups excluding carboxylic acids is 1. The average Bonchev–Trinajstić information content (AvgIpc) is 2.90. The molecule has 0 saturated carbocycles. The Hall–Kier alpha value is -1.07. The fraction of sp³-hybridized carbons (Fsp3) is 0.500. The summed E-state index contributed by atoms with van der Waals surface area (Å²) in [6.45, 7) is 1.59. The molecular formula is C14H18FNO2S. The molecule has 0 aliphatic carbocycles. The van der Waals surface area contributed by atoms with Crippen LogP contribution in [0.25, 0.3) is 0 Å². The maximum Gasteiger partial charge on any atom is 0.223 e.